The third-order valence-electron chi connectivity index (χ3n) is 9.62. The van der Waals surface area contributed by atoms with Crippen LogP contribution in [0.3, 0.4) is 0 Å². The van der Waals surface area contributed by atoms with Crippen molar-refractivity contribution in [3.05, 3.63) is 146 Å². The lowest BCUT2D eigenvalue weighted by atomic mass is 10.1. The molecule has 0 aromatic rings. The Morgan fingerprint density at radius 2 is 0.672 bits per heavy atom. The first-order valence-electron chi connectivity index (χ1n) is 24.8. The molecule has 0 radical (unpaired) electrons. The number of carbonyl (C=O) groups is 3. The molecule has 64 heavy (non-hydrogen) atoms. The van der Waals surface area contributed by atoms with Gasteiger partial charge in [0.1, 0.15) is 13.2 Å². The van der Waals surface area contributed by atoms with Crippen molar-refractivity contribution in [3.63, 3.8) is 0 Å². The Labute approximate surface area is 391 Å². The van der Waals surface area contributed by atoms with Gasteiger partial charge in [0.25, 0.3) is 0 Å². The maximum Gasteiger partial charge on any atom is 0.310 e. The highest BCUT2D eigenvalue weighted by molar-refractivity contribution is 5.72. The lowest BCUT2D eigenvalue weighted by Gasteiger charge is -2.17. The second-order valence-corrected chi connectivity index (χ2v) is 15.6. The van der Waals surface area contributed by atoms with E-state index in [1.165, 1.54) is 32.1 Å². The molecule has 0 aromatic heterocycles. The summed E-state index contributed by atoms with van der Waals surface area (Å²) in [6, 6.07) is 0. The van der Waals surface area contributed by atoms with E-state index < -0.39 is 18.0 Å². The van der Waals surface area contributed by atoms with Gasteiger partial charge in [0.2, 0.25) is 0 Å². The van der Waals surface area contributed by atoms with Crippen molar-refractivity contribution in [2.75, 3.05) is 13.2 Å². The molecule has 0 saturated carbocycles. The summed E-state index contributed by atoms with van der Waals surface area (Å²) in [5.74, 6) is -1.25. The molecule has 356 valence electrons. The van der Waals surface area contributed by atoms with Gasteiger partial charge in [-0.05, 0) is 103 Å². The summed E-state index contributed by atoms with van der Waals surface area (Å²) >= 11 is 0. The van der Waals surface area contributed by atoms with Crippen LogP contribution < -0.4 is 0 Å². The Kier molecular flexibility index (Phi) is 47.2. The molecule has 0 aliphatic rings. The topological polar surface area (TPSA) is 78.9 Å². The minimum Gasteiger partial charge on any atom is -0.462 e. The average molecular weight is 881 g/mol. The molecule has 6 nitrogen and oxygen atoms in total. The van der Waals surface area contributed by atoms with Gasteiger partial charge in [-0.1, -0.05) is 205 Å². The Bertz CT molecular complexity index is 1480. The maximum absolute atomic E-state index is 12.7. The standard InChI is InChI=1S/C58H88O6/c1-4-7-10-13-16-19-22-25-28-31-33-36-39-42-45-48-51-57(60)63-54-55(64-58(61)52-49-46-43-40-37-34-30-27-24-21-18-15-12-9-6-3)53-62-56(59)50-47-44-41-38-35-32-29-26-23-20-17-14-11-8-5-2/h8-9,11-12,17-22,26-31,35,37-38,40,44,46-47,49,55H,4-7,10,13-16,23-25,32-34,36,39,41-43,45,48,50-54H2,1-3H3/b11-8-,12-9-,20-17-,21-18-,22-19-,29-26-,30-27-,31-28-,38-35-,40-37-,47-44-,49-46-. The molecule has 1 atom stereocenters. The van der Waals surface area contributed by atoms with Crippen molar-refractivity contribution in [1.82, 2.24) is 0 Å². The highest BCUT2D eigenvalue weighted by Gasteiger charge is 2.19. The van der Waals surface area contributed by atoms with Crippen molar-refractivity contribution >= 4 is 17.9 Å². The van der Waals surface area contributed by atoms with Crippen LogP contribution in [-0.2, 0) is 28.6 Å². The van der Waals surface area contributed by atoms with E-state index in [2.05, 4.69) is 142 Å². The highest BCUT2D eigenvalue weighted by Crippen LogP contribution is 2.10. The molecule has 0 amide bonds. The fourth-order valence-corrected chi connectivity index (χ4v) is 5.97. The van der Waals surface area contributed by atoms with Gasteiger partial charge >= 0.3 is 17.9 Å². The molecule has 0 aliphatic heterocycles. The molecule has 1 unspecified atom stereocenters. The van der Waals surface area contributed by atoms with Crippen LogP contribution in [0.5, 0.6) is 0 Å². The second kappa shape index (κ2) is 50.9. The first-order chi connectivity index (χ1) is 31.5. The molecule has 0 aliphatic carbocycles. The highest BCUT2D eigenvalue weighted by atomic mass is 16.6. The summed E-state index contributed by atoms with van der Waals surface area (Å²) in [5, 5.41) is 0. The monoisotopic (exact) mass is 881 g/mol. The quantitative estimate of drug-likeness (QED) is 0.0263. The second-order valence-electron chi connectivity index (χ2n) is 15.6. The summed E-state index contributed by atoms with van der Waals surface area (Å²) in [6.07, 6.45) is 73.1. The number of allylic oxidation sites excluding steroid dienone is 22. The molecule has 0 N–H and O–H groups in total. The molecule has 0 heterocycles. The number of esters is 3. The molecule has 6 heteroatoms. The van der Waals surface area contributed by atoms with Gasteiger partial charge in [0.15, 0.2) is 6.10 Å². The van der Waals surface area contributed by atoms with Crippen molar-refractivity contribution in [2.45, 2.75) is 187 Å². The van der Waals surface area contributed by atoms with E-state index >= 15 is 0 Å². The molecule has 0 fully saturated rings. The van der Waals surface area contributed by atoms with E-state index in [0.717, 1.165) is 96.3 Å². The van der Waals surface area contributed by atoms with Crippen LogP contribution in [0, 0.1) is 0 Å². The van der Waals surface area contributed by atoms with Crippen LogP contribution in [0.4, 0.5) is 0 Å². The molecule has 0 rings (SSSR count). The van der Waals surface area contributed by atoms with Crippen LogP contribution in [0.1, 0.15) is 181 Å². The van der Waals surface area contributed by atoms with Gasteiger partial charge < -0.3 is 14.2 Å². The Hall–Kier alpha value is -4.71. The molecular weight excluding hydrogens is 793 g/mol. The van der Waals surface area contributed by atoms with Crippen LogP contribution in [0.15, 0.2) is 146 Å². The average Bonchev–Trinajstić information content (AvgIpc) is 3.29. The zero-order valence-corrected chi connectivity index (χ0v) is 40.5. The van der Waals surface area contributed by atoms with E-state index in [0.29, 0.717) is 19.3 Å². The zero-order valence-electron chi connectivity index (χ0n) is 40.5. The molecule has 0 saturated heterocycles. The lowest BCUT2D eigenvalue weighted by molar-refractivity contribution is -0.166. The van der Waals surface area contributed by atoms with E-state index in [-0.39, 0.29) is 32.0 Å². The Morgan fingerprint density at radius 1 is 0.344 bits per heavy atom. The third kappa shape index (κ3) is 48.3. The molecule has 0 spiro atoms. The van der Waals surface area contributed by atoms with Crippen molar-refractivity contribution in [2.24, 2.45) is 0 Å². The van der Waals surface area contributed by atoms with Crippen molar-refractivity contribution in [1.29, 1.82) is 0 Å². The van der Waals surface area contributed by atoms with E-state index in [1.807, 2.05) is 12.2 Å². The number of hydrogen-bond donors (Lipinski definition) is 0. The SMILES string of the molecule is CC/C=C\C/C=C\C/C=C\C/C=C\C/C=C\CC(=O)OCC(COC(=O)CCCCCCC/C=C\C/C=C\CCCCCC)OC(=O)C/C=C\C/C=C\C/C=C\C/C=C\C/C=C\CC. The van der Waals surface area contributed by atoms with Gasteiger partial charge in [-0.25, -0.2) is 0 Å². The number of rotatable bonds is 42. The third-order valence-corrected chi connectivity index (χ3v) is 9.62. The largest absolute Gasteiger partial charge is 0.462 e. The van der Waals surface area contributed by atoms with E-state index in [9.17, 15) is 14.4 Å². The van der Waals surface area contributed by atoms with Crippen LogP contribution in [0.25, 0.3) is 0 Å². The fourth-order valence-electron chi connectivity index (χ4n) is 5.97. The number of carbonyl (C=O) groups excluding carboxylic acids is 3. The number of ether oxygens (including phenoxy) is 3. The number of hydrogen-bond acceptors (Lipinski definition) is 6. The van der Waals surface area contributed by atoms with Crippen LogP contribution in [0.2, 0.25) is 0 Å². The molecular formula is C58H88O6. The van der Waals surface area contributed by atoms with Crippen molar-refractivity contribution in [3.8, 4) is 0 Å². The predicted molar refractivity (Wildman–Crippen MR) is 274 cm³/mol. The van der Waals surface area contributed by atoms with E-state index in [4.69, 9.17) is 14.2 Å². The Morgan fingerprint density at radius 3 is 1.09 bits per heavy atom. The molecule has 0 aromatic carbocycles. The first-order valence-corrected chi connectivity index (χ1v) is 24.8. The van der Waals surface area contributed by atoms with Crippen molar-refractivity contribution < 1.29 is 28.6 Å². The van der Waals surface area contributed by atoms with Gasteiger partial charge in [-0.3, -0.25) is 14.4 Å². The zero-order chi connectivity index (χ0) is 46.5. The maximum atomic E-state index is 12.7. The summed E-state index contributed by atoms with van der Waals surface area (Å²) in [4.78, 5) is 37.8. The normalized spacial score (nSPS) is 13.4. The van der Waals surface area contributed by atoms with Gasteiger partial charge in [-0.2, -0.15) is 0 Å². The summed E-state index contributed by atoms with van der Waals surface area (Å²) in [7, 11) is 0. The number of unbranched alkanes of at least 4 members (excludes halogenated alkanes) is 9. The van der Waals surface area contributed by atoms with Gasteiger partial charge in [-0.15, -0.1) is 0 Å². The minimum atomic E-state index is -0.883. The predicted octanol–water partition coefficient (Wildman–Crippen LogP) is 16.5. The van der Waals surface area contributed by atoms with Gasteiger partial charge in [0, 0.05) is 6.42 Å². The van der Waals surface area contributed by atoms with Gasteiger partial charge in [0.05, 0.1) is 12.8 Å². The first kappa shape index (κ1) is 59.3. The van der Waals surface area contributed by atoms with E-state index in [1.54, 1.807) is 12.2 Å². The Balaban J connectivity index is 4.69. The molecule has 0 bridgehead atoms. The van der Waals surface area contributed by atoms with Crippen LogP contribution in [-0.4, -0.2) is 37.2 Å². The smallest absolute Gasteiger partial charge is 0.310 e. The summed E-state index contributed by atoms with van der Waals surface area (Å²) in [6.45, 7) is 6.17. The fraction of sp³-hybridized carbons (Fsp3) is 0.534. The lowest BCUT2D eigenvalue weighted by Crippen LogP contribution is -2.30. The summed E-state index contributed by atoms with van der Waals surface area (Å²) in [5.41, 5.74) is 0. The minimum absolute atomic E-state index is 0.0674. The van der Waals surface area contributed by atoms with Crippen LogP contribution >= 0.6 is 0 Å². The summed E-state index contributed by atoms with van der Waals surface area (Å²) < 4.78 is 16.5.